The molecule has 0 aliphatic carbocycles. The number of nitrogens with two attached hydrogens (primary N) is 4. The summed E-state index contributed by atoms with van der Waals surface area (Å²) in [6.45, 7) is 0.563. The molecule has 0 bridgehead atoms. The molecular formula is C19H25FN8O. The highest BCUT2D eigenvalue weighted by atomic mass is 19.1. The minimum atomic E-state index is -0.663. The van der Waals surface area contributed by atoms with Gasteiger partial charge in [-0.1, -0.05) is 0 Å². The third-order valence-corrected chi connectivity index (χ3v) is 4.71. The number of anilines is 2. The van der Waals surface area contributed by atoms with Gasteiger partial charge >= 0.3 is 0 Å². The zero-order valence-corrected chi connectivity index (χ0v) is 16.0. The first kappa shape index (κ1) is 20.6. The predicted molar refractivity (Wildman–Crippen MR) is 111 cm³/mol. The maximum Gasteiger partial charge on any atom is 0.146 e. The van der Waals surface area contributed by atoms with E-state index in [0.29, 0.717) is 46.3 Å². The van der Waals surface area contributed by atoms with Crippen LogP contribution in [0.1, 0.15) is 11.1 Å². The van der Waals surface area contributed by atoms with Gasteiger partial charge in [-0.25, -0.2) is 10.2 Å². The molecule has 10 heteroatoms. The fraction of sp³-hybridized carbons (Fsp3) is 0.211. The van der Waals surface area contributed by atoms with Crippen LogP contribution in [0.2, 0.25) is 0 Å². The molecule has 1 heterocycles. The Balaban J connectivity index is 2.11. The first-order valence-electron chi connectivity index (χ1n) is 8.90. The lowest BCUT2D eigenvalue weighted by atomic mass is 9.98. The third-order valence-electron chi connectivity index (χ3n) is 4.71. The molecule has 0 saturated carbocycles. The average Bonchev–Trinajstić information content (AvgIpc) is 2.72. The Morgan fingerprint density at radius 2 is 2.00 bits per heavy atom. The summed E-state index contributed by atoms with van der Waals surface area (Å²) in [5.74, 6) is 6.89. The van der Waals surface area contributed by atoms with Gasteiger partial charge in [-0.15, -0.1) is 0 Å². The minimum absolute atomic E-state index is 0.108. The van der Waals surface area contributed by atoms with Crippen molar-refractivity contribution < 1.29 is 9.13 Å². The van der Waals surface area contributed by atoms with Gasteiger partial charge in [0, 0.05) is 23.9 Å². The van der Waals surface area contributed by atoms with Crippen molar-refractivity contribution in [2.45, 2.75) is 12.7 Å². The number of rotatable bonds is 6. The number of hydrogen-bond donors (Lipinski definition) is 7. The Morgan fingerprint density at radius 3 is 2.62 bits per heavy atom. The van der Waals surface area contributed by atoms with Crippen molar-refractivity contribution in [3.05, 3.63) is 64.7 Å². The van der Waals surface area contributed by atoms with Crippen LogP contribution < -0.4 is 43.4 Å². The zero-order chi connectivity index (χ0) is 21.1. The van der Waals surface area contributed by atoms with Crippen LogP contribution >= 0.6 is 0 Å². The molecule has 0 saturated heterocycles. The number of methoxy groups -OCH3 is 1. The summed E-state index contributed by atoms with van der Waals surface area (Å²) in [5, 5.41) is 16.1. The summed E-state index contributed by atoms with van der Waals surface area (Å²) in [6, 6.07) is 8.98. The van der Waals surface area contributed by atoms with Crippen molar-refractivity contribution in [1.29, 1.82) is 5.41 Å². The lowest BCUT2D eigenvalue weighted by Crippen LogP contribution is -2.55. The molecular weight excluding hydrogens is 375 g/mol. The molecule has 1 unspecified atom stereocenters. The maximum atomic E-state index is 13.3. The normalized spacial score (nSPS) is 16.4. The Bertz CT molecular complexity index is 944. The van der Waals surface area contributed by atoms with Gasteiger partial charge in [0.25, 0.3) is 0 Å². The number of benzene rings is 2. The molecule has 154 valence electrons. The smallest absolute Gasteiger partial charge is 0.146 e. The molecule has 0 radical (unpaired) electrons. The predicted octanol–water partition coefficient (Wildman–Crippen LogP) is 0.270. The van der Waals surface area contributed by atoms with Gasteiger partial charge in [0.2, 0.25) is 0 Å². The van der Waals surface area contributed by atoms with Crippen molar-refractivity contribution in [2.75, 3.05) is 24.5 Å². The van der Waals surface area contributed by atoms with Gasteiger partial charge in [0.15, 0.2) is 0 Å². The van der Waals surface area contributed by atoms with Gasteiger partial charge in [0.1, 0.15) is 23.1 Å². The van der Waals surface area contributed by atoms with E-state index in [1.165, 1.54) is 36.4 Å². The van der Waals surface area contributed by atoms with Gasteiger partial charge in [0.05, 0.1) is 31.2 Å². The topological polar surface area (TPSA) is 164 Å². The fourth-order valence-corrected chi connectivity index (χ4v) is 3.13. The van der Waals surface area contributed by atoms with Crippen LogP contribution in [0.5, 0.6) is 5.75 Å². The van der Waals surface area contributed by atoms with Crippen molar-refractivity contribution in [3.8, 4) is 5.75 Å². The summed E-state index contributed by atoms with van der Waals surface area (Å²) in [5.41, 5.74) is 20.7. The Morgan fingerprint density at radius 1 is 1.31 bits per heavy atom. The quantitative estimate of drug-likeness (QED) is 0.157. The highest BCUT2D eigenvalue weighted by molar-refractivity contribution is 6.12. The van der Waals surface area contributed by atoms with Crippen LogP contribution in [-0.4, -0.2) is 25.7 Å². The standard InChI is InChI=1S/C19H25FN8O/c1-29-15-7-13(22)11(8-21)6-14(15)28(25)19-16(18(24)26-9-27-19)17(23)10-2-4-12(20)5-3-10/h2-7,18,23,26-27H,8-9,21-22,24-25H2,1H3. The third kappa shape index (κ3) is 4.00. The molecule has 0 spiro atoms. The van der Waals surface area contributed by atoms with Gasteiger partial charge in [-0.2, -0.15) is 0 Å². The molecule has 1 aliphatic heterocycles. The molecule has 1 atom stereocenters. The van der Waals surface area contributed by atoms with Crippen molar-refractivity contribution >= 4 is 17.1 Å². The summed E-state index contributed by atoms with van der Waals surface area (Å²) in [4.78, 5) is 0. The lowest BCUT2D eigenvalue weighted by molar-refractivity contribution is 0.414. The van der Waals surface area contributed by atoms with E-state index in [1.807, 2.05) is 0 Å². The zero-order valence-electron chi connectivity index (χ0n) is 16.0. The number of nitrogens with zero attached hydrogens (tertiary/aromatic N) is 1. The van der Waals surface area contributed by atoms with Crippen molar-refractivity contribution in [3.63, 3.8) is 0 Å². The molecule has 1 aliphatic rings. The number of hydrazine groups is 1. The summed E-state index contributed by atoms with van der Waals surface area (Å²) >= 11 is 0. The number of halogens is 1. The summed E-state index contributed by atoms with van der Waals surface area (Å²) < 4.78 is 18.7. The van der Waals surface area contributed by atoms with E-state index in [9.17, 15) is 4.39 Å². The summed E-state index contributed by atoms with van der Waals surface area (Å²) in [6.07, 6.45) is -0.663. The molecule has 0 fully saturated rings. The van der Waals surface area contributed by atoms with Crippen LogP contribution in [0, 0.1) is 11.2 Å². The van der Waals surface area contributed by atoms with Crippen LogP contribution in [-0.2, 0) is 6.54 Å². The second-order valence-electron chi connectivity index (χ2n) is 6.48. The first-order chi connectivity index (χ1) is 13.9. The van der Waals surface area contributed by atoms with Crippen molar-refractivity contribution in [2.24, 2.45) is 17.3 Å². The van der Waals surface area contributed by atoms with Crippen LogP contribution in [0.25, 0.3) is 0 Å². The SMILES string of the molecule is COc1cc(N)c(CN)cc1N(N)C1=C(C(=N)c2ccc(F)cc2)C(N)NCN1. The number of nitrogen functional groups attached to an aromatic ring is 1. The molecule has 2 aromatic rings. The molecule has 9 nitrogen and oxygen atoms in total. The van der Waals surface area contributed by atoms with E-state index in [4.69, 9.17) is 33.2 Å². The molecule has 3 rings (SSSR count). The number of ether oxygens (including phenoxy) is 1. The molecule has 29 heavy (non-hydrogen) atoms. The maximum absolute atomic E-state index is 13.3. The Hall–Kier alpha value is -3.18. The monoisotopic (exact) mass is 400 g/mol. The highest BCUT2D eigenvalue weighted by Crippen LogP contribution is 2.34. The number of hydrogen-bond acceptors (Lipinski definition) is 9. The Labute approximate surface area is 168 Å². The molecule has 0 amide bonds. The van der Waals surface area contributed by atoms with E-state index in [0.717, 1.165) is 0 Å². The fourth-order valence-electron chi connectivity index (χ4n) is 3.13. The summed E-state index contributed by atoms with van der Waals surface area (Å²) in [7, 11) is 1.51. The second kappa shape index (κ2) is 8.45. The largest absolute Gasteiger partial charge is 0.494 e. The van der Waals surface area contributed by atoms with Crippen LogP contribution in [0.4, 0.5) is 15.8 Å². The van der Waals surface area contributed by atoms with Crippen LogP contribution in [0.3, 0.4) is 0 Å². The highest BCUT2D eigenvalue weighted by Gasteiger charge is 2.28. The molecule has 0 aromatic heterocycles. The first-order valence-corrected chi connectivity index (χ1v) is 8.90. The van der Waals surface area contributed by atoms with E-state index in [2.05, 4.69) is 10.6 Å². The van der Waals surface area contributed by atoms with Gasteiger partial charge in [-0.05, 0) is 35.9 Å². The van der Waals surface area contributed by atoms with Gasteiger partial charge < -0.3 is 27.3 Å². The van der Waals surface area contributed by atoms with Gasteiger partial charge in [-0.3, -0.25) is 15.7 Å². The lowest BCUT2D eigenvalue weighted by Gasteiger charge is -2.34. The van der Waals surface area contributed by atoms with E-state index in [-0.39, 0.29) is 18.1 Å². The van der Waals surface area contributed by atoms with Crippen molar-refractivity contribution in [1.82, 2.24) is 10.6 Å². The molecule has 11 N–H and O–H groups in total. The Kier molecular flexibility index (Phi) is 5.99. The van der Waals surface area contributed by atoms with E-state index < -0.39 is 6.17 Å². The average molecular weight is 400 g/mol. The minimum Gasteiger partial charge on any atom is -0.494 e. The van der Waals surface area contributed by atoms with E-state index in [1.54, 1.807) is 12.1 Å². The second-order valence-corrected chi connectivity index (χ2v) is 6.48. The van der Waals surface area contributed by atoms with Crippen LogP contribution in [0.15, 0.2) is 47.8 Å². The number of nitrogens with one attached hydrogen (secondary N) is 3. The molecule has 2 aromatic carbocycles. The van der Waals surface area contributed by atoms with E-state index >= 15 is 0 Å².